The molecule has 24 heavy (non-hydrogen) atoms. The van der Waals surface area contributed by atoms with Gasteiger partial charge in [-0.3, -0.25) is 4.79 Å². The molecule has 3 rings (SSSR count). The molecule has 1 atom stereocenters. The van der Waals surface area contributed by atoms with Gasteiger partial charge < -0.3 is 5.32 Å². The highest BCUT2D eigenvalue weighted by atomic mass is 32.2. The zero-order valence-corrected chi connectivity index (χ0v) is 14.7. The molecule has 1 aliphatic heterocycles. The van der Waals surface area contributed by atoms with Gasteiger partial charge in [-0.25, -0.2) is 13.1 Å². The van der Waals surface area contributed by atoms with Crippen molar-refractivity contribution >= 4 is 15.7 Å². The predicted molar refractivity (Wildman–Crippen MR) is 90.1 cm³/mol. The maximum absolute atomic E-state index is 12.4. The third-order valence-electron chi connectivity index (χ3n) is 4.41. The second-order valence-corrected chi connectivity index (χ2v) is 8.51. The van der Waals surface area contributed by atoms with Crippen LogP contribution >= 0.6 is 0 Å². The van der Waals surface area contributed by atoms with Crippen LogP contribution in [0.2, 0.25) is 0 Å². The number of sulfone groups is 1. The minimum Gasteiger partial charge on any atom is -0.347 e. The number of amides is 1. The average Bonchev–Trinajstić information content (AvgIpc) is 3.04. The van der Waals surface area contributed by atoms with E-state index in [1.54, 1.807) is 11.6 Å². The molecule has 7 nitrogen and oxygen atoms in total. The van der Waals surface area contributed by atoms with Crippen LogP contribution in [0.3, 0.4) is 0 Å². The minimum absolute atomic E-state index is 0.0108. The van der Waals surface area contributed by atoms with Gasteiger partial charge in [0.15, 0.2) is 15.5 Å². The van der Waals surface area contributed by atoms with Gasteiger partial charge in [0.2, 0.25) is 0 Å². The molecule has 0 spiro atoms. The van der Waals surface area contributed by atoms with Crippen molar-refractivity contribution in [2.24, 2.45) is 0 Å². The summed E-state index contributed by atoms with van der Waals surface area (Å²) in [4.78, 5) is 12.4. The van der Waals surface area contributed by atoms with Crippen molar-refractivity contribution in [3.8, 4) is 5.69 Å². The summed E-state index contributed by atoms with van der Waals surface area (Å²) >= 11 is 0. The van der Waals surface area contributed by atoms with Crippen LogP contribution in [0.1, 0.15) is 33.7 Å². The fourth-order valence-electron chi connectivity index (χ4n) is 2.80. The number of hydrogen-bond acceptors (Lipinski definition) is 5. The molecule has 0 unspecified atom stereocenters. The van der Waals surface area contributed by atoms with Crippen molar-refractivity contribution in [1.29, 1.82) is 0 Å². The lowest BCUT2D eigenvalue weighted by Crippen LogP contribution is -2.36. The van der Waals surface area contributed by atoms with E-state index in [0.717, 1.165) is 11.3 Å². The van der Waals surface area contributed by atoms with Crippen molar-refractivity contribution < 1.29 is 13.2 Å². The fourth-order valence-corrected chi connectivity index (χ4v) is 4.48. The lowest BCUT2D eigenvalue weighted by molar-refractivity contribution is 0.0935. The van der Waals surface area contributed by atoms with Crippen LogP contribution in [0.25, 0.3) is 5.69 Å². The van der Waals surface area contributed by atoms with Crippen LogP contribution in [0, 0.1) is 20.8 Å². The van der Waals surface area contributed by atoms with Crippen molar-refractivity contribution in [3.63, 3.8) is 0 Å². The topological polar surface area (TPSA) is 93.9 Å². The van der Waals surface area contributed by atoms with Gasteiger partial charge in [-0.1, -0.05) is 11.3 Å². The Morgan fingerprint density at radius 3 is 2.62 bits per heavy atom. The summed E-state index contributed by atoms with van der Waals surface area (Å²) in [5, 5.41) is 10.8. The van der Waals surface area contributed by atoms with Gasteiger partial charge in [-0.05, 0) is 50.5 Å². The van der Waals surface area contributed by atoms with Gasteiger partial charge in [0, 0.05) is 6.04 Å². The third kappa shape index (κ3) is 3.19. The smallest absolute Gasteiger partial charge is 0.274 e. The Kier molecular flexibility index (Phi) is 4.16. The fraction of sp³-hybridized carbons (Fsp3) is 0.438. The first-order chi connectivity index (χ1) is 11.3. The summed E-state index contributed by atoms with van der Waals surface area (Å²) < 4.78 is 24.6. The highest BCUT2D eigenvalue weighted by Gasteiger charge is 2.30. The number of hydrogen-bond donors (Lipinski definition) is 1. The summed E-state index contributed by atoms with van der Waals surface area (Å²) in [5.41, 5.74) is 3.99. The third-order valence-corrected chi connectivity index (χ3v) is 6.18. The molecule has 1 aromatic carbocycles. The predicted octanol–water partition coefficient (Wildman–Crippen LogP) is 1.11. The van der Waals surface area contributed by atoms with E-state index < -0.39 is 9.84 Å². The first-order valence-electron chi connectivity index (χ1n) is 7.78. The molecule has 1 fully saturated rings. The quantitative estimate of drug-likeness (QED) is 0.897. The molecule has 2 aromatic rings. The number of aromatic nitrogens is 3. The second kappa shape index (κ2) is 6.01. The number of nitrogens with zero attached hydrogens (tertiary/aromatic N) is 3. The molecule has 1 aliphatic rings. The number of aryl methyl sites for hydroxylation is 2. The van der Waals surface area contributed by atoms with Crippen LogP contribution in [0.4, 0.5) is 0 Å². The molecule has 2 heterocycles. The Morgan fingerprint density at radius 2 is 2.00 bits per heavy atom. The Balaban J connectivity index is 1.82. The Hall–Kier alpha value is -2.22. The standard InChI is InChI=1S/C16H20N4O3S/c1-10-4-5-14(8-11(10)2)20-12(3)15(18-19-20)16(21)17-13-6-7-24(22,23)9-13/h4-5,8,13H,6-7,9H2,1-3H3,(H,17,21)/t13-/m0/s1. The van der Waals surface area contributed by atoms with Crippen molar-refractivity contribution in [2.75, 3.05) is 11.5 Å². The van der Waals surface area contributed by atoms with Gasteiger partial charge in [0.1, 0.15) is 0 Å². The van der Waals surface area contributed by atoms with E-state index in [9.17, 15) is 13.2 Å². The molecular weight excluding hydrogens is 328 g/mol. The highest BCUT2D eigenvalue weighted by Crippen LogP contribution is 2.17. The van der Waals surface area contributed by atoms with Crippen molar-refractivity contribution in [1.82, 2.24) is 20.3 Å². The monoisotopic (exact) mass is 348 g/mol. The molecule has 0 saturated carbocycles. The molecule has 1 N–H and O–H groups in total. The normalized spacial score (nSPS) is 19.4. The van der Waals surface area contributed by atoms with E-state index in [2.05, 4.69) is 15.6 Å². The second-order valence-electron chi connectivity index (χ2n) is 6.28. The van der Waals surface area contributed by atoms with Crippen LogP contribution in [-0.4, -0.2) is 46.9 Å². The summed E-state index contributed by atoms with van der Waals surface area (Å²) in [6, 6.07) is 5.56. The van der Waals surface area contributed by atoms with Crippen LogP contribution in [0.5, 0.6) is 0 Å². The van der Waals surface area contributed by atoms with E-state index in [4.69, 9.17) is 0 Å². The Bertz CT molecular complexity index is 902. The molecule has 1 amide bonds. The summed E-state index contributed by atoms with van der Waals surface area (Å²) in [7, 11) is -3.04. The first-order valence-corrected chi connectivity index (χ1v) is 9.60. The maximum Gasteiger partial charge on any atom is 0.274 e. The van der Waals surface area contributed by atoms with E-state index in [1.165, 1.54) is 5.56 Å². The lowest BCUT2D eigenvalue weighted by Gasteiger charge is -2.10. The van der Waals surface area contributed by atoms with Gasteiger partial charge >= 0.3 is 0 Å². The number of rotatable bonds is 3. The van der Waals surface area contributed by atoms with Crippen LogP contribution < -0.4 is 5.32 Å². The Labute approximate surface area is 141 Å². The molecule has 0 aliphatic carbocycles. The number of benzene rings is 1. The molecular formula is C16H20N4O3S. The molecule has 1 saturated heterocycles. The molecule has 0 bridgehead atoms. The van der Waals surface area contributed by atoms with E-state index in [0.29, 0.717) is 12.1 Å². The SMILES string of the molecule is Cc1ccc(-n2nnc(C(=O)N[C@H]3CCS(=O)(=O)C3)c2C)cc1C. The first kappa shape index (κ1) is 16.6. The Morgan fingerprint density at radius 1 is 1.25 bits per heavy atom. The van der Waals surface area contributed by atoms with E-state index in [-0.39, 0.29) is 29.1 Å². The molecule has 0 radical (unpaired) electrons. The lowest BCUT2D eigenvalue weighted by atomic mass is 10.1. The van der Waals surface area contributed by atoms with Crippen molar-refractivity contribution in [3.05, 3.63) is 40.7 Å². The zero-order valence-electron chi connectivity index (χ0n) is 13.9. The summed E-state index contributed by atoms with van der Waals surface area (Å²) in [6.45, 7) is 5.82. The largest absolute Gasteiger partial charge is 0.347 e. The van der Waals surface area contributed by atoms with E-state index >= 15 is 0 Å². The zero-order chi connectivity index (χ0) is 17.5. The minimum atomic E-state index is -3.04. The van der Waals surface area contributed by atoms with Gasteiger partial charge in [0.25, 0.3) is 5.91 Å². The van der Waals surface area contributed by atoms with Gasteiger partial charge in [0.05, 0.1) is 22.9 Å². The van der Waals surface area contributed by atoms with Crippen LogP contribution in [-0.2, 0) is 9.84 Å². The molecule has 128 valence electrons. The van der Waals surface area contributed by atoms with Gasteiger partial charge in [-0.2, -0.15) is 0 Å². The van der Waals surface area contributed by atoms with E-state index in [1.807, 2.05) is 32.0 Å². The van der Waals surface area contributed by atoms with Gasteiger partial charge in [-0.15, -0.1) is 5.10 Å². The van der Waals surface area contributed by atoms with Crippen LogP contribution in [0.15, 0.2) is 18.2 Å². The van der Waals surface area contributed by atoms with Crippen molar-refractivity contribution in [2.45, 2.75) is 33.2 Å². The molecule has 8 heteroatoms. The average molecular weight is 348 g/mol. The maximum atomic E-state index is 12.4. The summed E-state index contributed by atoms with van der Waals surface area (Å²) in [5.74, 6) is -0.278. The molecule has 1 aromatic heterocycles. The highest BCUT2D eigenvalue weighted by molar-refractivity contribution is 7.91. The summed E-state index contributed by atoms with van der Waals surface area (Å²) in [6.07, 6.45) is 0.443. The number of carbonyl (C=O) groups excluding carboxylic acids is 1. The number of carbonyl (C=O) groups is 1. The number of nitrogens with one attached hydrogen (secondary N) is 1.